The number of imidazole rings is 1. The number of carbonyl (C=O) groups is 3. The summed E-state index contributed by atoms with van der Waals surface area (Å²) in [4.78, 5) is 53.4. The molecule has 0 radical (unpaired) electrons. The van der Waals surface area contributed by atoms with Crippen LogP contribution in [0, 0.1) is 6.92 Å². The summed E-state index contributed by atoms with van der Waals surface area (Å²) in [6, 6.07) is 12.4. The highest BCUT2D eigenvalue weighted by molar-refractivity contribution is 5.91. The third-order valence-corrected chi connectivity index (χ3v) is 10.6. The molecule has 0 aliphatic carbocycles. The predicted molar refractivity (Wildman–Crippen MR) is 182 cm³/mol. The largest absolute Gasteiger partial charge is 0.436 e. The fourth-order valence-electron chi connectivity index (χ4n) is 7.97. The van der Waals surface area contributed by atoms with Crippen molar-refractivity contribution >= 4 is 34.8 Å². The van der Waals surface area contributed by atoms with E-state index in [-0.39, 0.29) is 24.4 Å². The van der Waals surface area contributed by atoms with Crippen LogP contribution >= 0.6 is 0 Å². The number of rotatable bonds is 6. The number of nitrogens with zero attached hydrogens (tertiary/aromatic N) is 6. The Morgan fingerprint density at radius 3 is 2.48 bits per heavy atom. The summed E-state index contributed by atoms with van der Waals surface area (Å²) in [5, 5.41) is 3.06. The van der Waals surface area contributed by atoms with Crippen molar-refractivity contribution in [2.45, 2.75) is 63.6 Å². The van der Waals surface area contributed by atoms with E-state index in [4.69, 9.17) is 9.47 Å². The maximum absolute atomic E-state index is 14.1. The van der Waals surface area contributed by atoms with Crippen molar-refractivity contribution in [1.82, 2.24) is 29.2 Å². The molecule has 1 atom stereocenters. The molecule has 256 valence electrons. The normalized spacial score (nSPS) is 20.7. The van der Waals surface area contributed by atoms with Crippen LogP contribution in [-0.2, 0) is 34.2 Å². The minimum absolute atomic E-state index is 0.0286. The number of piperidine rings is 1. The highest BCUT2D eigenvalue weighted by Crippen LogP contribution is 2.26. The van der Waals surface area contributed by atoms with Crippen LogP contribution in [0.15, 0.2) is 42.7 Å². The van der Waals surface area contributed by atoms with E-state index in [1.54, 1.807) is 11.2 Å². The molecule has 12 heteroatoms. The average molecular weight is 658 g/mol. The number of aromatic nitrogens is 2. The second kappa shape index (κ2) is 14.1. The van der Waals surface area contributed by atoms with E-state index in [2.05, 4.69) is 27.3 Å². The van der Waals surface area contributed by atoms with E-state index in [1.165, 1.54) is 0 Å². The quantitative estimate of drug-likeness (QED) is 0.429. The van der Waals surface area contributed by atoms with E-state index in [0.717, 1.165) is 79.0 Å². The van der Waals surface area contributed by atoms with Crippen LogP contribution < -0.4 is 5.32 Å². The summed E-state index contributed by atoms with van der Waals surface area (Å²) in [6.07, 6.45) is 4.79. The minimum atomic E-state index is -0.944. The number of anilines is 1. The summed E-state index contributed by atoms with van der Waals surface area (Å²) in [6.45, 7) is 8.00. The van der Waals surface area contributed by atoms with Gasteiger partial charge in [-0.25, -0.2) is 14.6 Å². The molecule has 3 saturated heterocycles. The average Bonchev–Trinajstić information content (AvgIpc) is 3.40. The number of hydrogen-bond acceptors (Lipinski definition) is 7. The smallest absolute Gasteiger partial charge is 0.410 e. The summed E-state index contributed by atoms with van der Waals surface area (Å²) in [5.74, 6) is -0.149. The Kier molecular flexibility index (Phi) is 9.54. The first-order valence-electron chi connectivity index (χ1n) is 17.5. The third-order valence-electron chi connectivity index (χ3n) is 10.6. The van der Waals surface area contributed by atoms with Gasteiger partial charge in [0, 0.05) is 90.3 Å². The minimum Gasteiger partial charge on any atom is -0.436 e. The van der Waals surface area contributed by atoms with Crippen molar-refractivity contribution in [3.8, 4) is 0 Å². The first-order chi connectivity index (χ1) is 23.3. The van der Waals surface area contributed by atoms with Gasteiger partial charge in [-0.2, -0.15) is 0 Å². The molecule has 4 amide bonds. The van der Waals surface area contributed by atoms with Gasteiger partial charge in [0.25, 0.3) is 5.91 Å². The van der Waals surface area contributed by atoms with Crippen molar-refractivity contribution in [2.24, 2.45) is 7.05 Å². The monoisotopic (exact) mass is 657 g/mol. The first kappa shape index (κ1) is 32.4. The number of piperazine rings is 1. The number of nitrogens with one attached hydrogen (secondary N) is 1. The summed E-state index contributed by atoms with van der Waals surface area (Å²) in [7, 11) is 1.97. The molecule has 4 aliphatic heterocycles. The van der Waals surface area contributed by atoms with Gasteiger partial charge in [-0.15, -0.1) is 0 Å². The van der Waals surface area contributed by atoms with Crippen molar-refractivity contribution in [3.63, 3.8) is 0 Å². The maximum atomic E-state index is 14.1. The molecule has 3 fully saturated rings. The summed E-state index contributed by atoms with van der Waals surface area (Å²) >= 11 is 0. The van der Waals surface area contributed by atoms with E-state index < -0.39 is 12.2 Å². The Balaban J connectivity index is 1.01. The van der Waals surface area contributed by atoms with Gasteiger partial charge in [0.1, 0.15) is 0 Å². The molecule has 0 bridgehead atoms. The lowest BCUT2D eigenvalue weighted by molar-refractivity contribution is -0.143. The molecule has 1 N–H and O–H groups in total. The maximum Gasteiger partial charge on any atom is 0.410 e. The Hall–Kier alpha value is -4.16. The molecule has 48 heavy (non-hydrogen) atoms. The Morgan fingerprint density at radius 2 is 1.71 bits per heavy atom. The summed E-state index contributed by atoms with van der Waals surface area (Å²) in [5.41, 5.74) is 5.88. The number of carbonyl (C=O) groups excluding carboxylic acids is 3. The second-order valence-corrected chi connectivity index (χ2v) is 13.7. The zero-order chi connectivity index (χ0) is 33.2. The lowest BCUT2D eigenvalue weighted by Crippen LogP contribution is -2.56. The topological polar surface area (TPSA) is 112 Å². The zero-order valence-electron chi connectivity index (χ0n) is 28.1. The van der Waals surface area contributed by atoms with E-state index in [9.17, 15) is 14.4 Å². The van der Waals surface area contributed by atoms with Crippen LogP contribution in [0.1, 0.15) is 42.4 Å². The molecule has 0 spiro atoms. The fourth-order valence-corrected chi connectivity index (χ4v) is 7.97. The van der Waals surface area contributed by atoms with Crippen molar-refractivity contribution < 1.29 is 23.9 Å². The van der Waals surface area contributed by atoms with Crippen molar-refractivity contribution in [1.29, 1.82) is 0 Å². The number of amides is 4. The molecule has 5 heterocycles. The highest BCUT2D eigenvalue weighted by Gasteiger charge is 2.36. The summed E-state index contributed by atoms with van der Waals surface area (Å²) < 4.78 is 13.7. The number of likely N-dealkylation sites (tertiary alicyclic amines) is 1. The van der Waals surface area contributed by atoms with E-state index >= 15 is 0 Å². The Bertz CT molecular complexity index is 1640. The standard InChI is InChI=1S/C36H47N7O5/c1-25-21-26(22-31-33(25)39(2)24-37-31)23-32(34(44)41-17-15-40(16-18-41)28-10-19-47-20-11-28)48-36(46)42-12-8-29(9-13-42)43-14-7-27-5-3-4-6-30(27)38-35(43)45/h3-6,21-22,24,28-29,32H,7-20,23H2,1-2H3,(H,38,45)/t32-/m1/s1. The number of para-hydroxylation sites is 1. The van der Waals surface area contributed by atoms with Crippen LogP contribution in [-0.4, -0.2) is 124 Å². The van der Waals surface area contributed by atoms with Crippen LogP contribution in [0.5, 0.6) is 0 Å². The molecule has 7 rings (SSSR count). The van der Waals surface area contributed by atoms with Gasteiger partial charge in [0.2, 0.25) is 0 Å². The molecule has 0 saturated carbocycles. The van der Waals surface area contributed by atoms with Gasteiger partial charge in [-0.1, -0.05) is 24.3 Å². The van der Waals surface area contributed by atoms with Gasteiger partial charge < -0.3 is 34.1 Å². The van der Waals surface area contributed by atoms with Crippen molar-refractivity contribution in [2.75, 3.05) is 64.3 Å². The Morgan fingerprint density at radius 1 is 0.958 bits per heavy atom. The van der Waals surface area contributed by atoms with Crippen LogP contribution in [0.2, 0.25) is 0 Å². The molecule has 2 aromatic carbocycles. The number of hydrogen-bond donors (Lipinski definition) is 1. The molecular formula is C36H47N7O5. The second-order valence-electron chi connectivity index (χ2n) is 13.7. The van der Waals surface area contributed by atoms with Gasteiger partial charge >= 0.3 is 12.1 Å². The van der Waals surface area contributed by atoms with Crippen LogP contribution in [0.25, 0.3) is 11.0 Å². The molecule has 3 aromatic rings. The number of benzene rings is 2. The first-order valence-corrected chi connectivity index (χ1v) is 17.5. The van der Waals surface area contributed by atoms with Crippen molar-refractivity contribution in [3.05, 3.63) is 59.4 Å². The van der Waals surface area contributed by atoms with Gasteiger partial charge in [-0.3, -0.25) is 9.69 Å². The van der Waals surface area contributed by atoms with E-state index in [0.29, 0.717) is 51.6 Å². The van der Waals surface area contributed by atoms with Gasteiger partial charge in [0.05, 0.1) is 17.4 Å². The Labute approximate surface area is 281 Å². The van der Waals surface area contributed by atoms with Crippen LogP contribution in [0.3, 0.4) is 0 Å². The molecular weight excluding hydrogens is 610 g/mol. The zero-order valence-corrected chi connectivity index (χ0v) is 28.1. The van der Waals surface area contributed by atoms with Gasteiger partial charge in [0.15, 0.2) is 6.10 Å². The SMILES string of the molecule is Cc1cc(C[C@@H](OC(=O)N2CCC(N3CCc4ccccc4NC3=O)CC2)C(=O)N2CCN(C3CCOCC3)CC2)cc2ncn(C)c12. The van der Waals surface area contributed by atoms with E-state index in [1.807, 2.05) is 52.6 Å². The van der Waals surface area contributed by atoms with Gasteiger partial charge in [-0.05, 0) is 67.9 Å². The number of urea groups is 1. The number of aryl methyl sites for hydroxylation is 2. The third kappa shape index (κ3) is 6.86. The van der Waals surface area contributed by atoms with Crippen LogP contribution in [0.4, 0.5) is 15.3 Å². The lowest BCUT2D eigenvalue weighted by Gasteiger charge is -2.41. The molecule has 0 unspecified atom stereocenters. The predicted octanol–water partition coefficient (Wildman–Crippen LogP) is 3.81. The highest BCUT2D eigenvalue weighted by atomic mass is 16.6. The molecule has 1 aromatic heterocycles. The molecule has 4 aliphatic rings. The number of fused-ring (bicyclic) bond motifs is 2. The fraction of sp³-hybridized carbons (Fsp3) is 0.556. The molecule has 12 nitrogen and oxygen atoms in total. The number of ether oxygens (including phenoxy) is 2. The lowest BCUT2D eigenvalue weighted by atomic mass is 10.0.